The maximum Gasteiger partial charge on any atom is 0.421 e. The molecule has 35 heavy (non-hydrogen) atoms. The summed E-state index contributed by atoms with van der Waals surface area (Å²) in [5.74, 6) is 0.706. The second kappa shape index (κ2) is 9.41. The topological polar surface area (TPSA) is 89.4 Å². The molecule has 0 bridgehead atoms. The van der Waals surface area contributed by atoms with Crippen LogP contribution >= 0.6 is 0 Å². The normalized spacial score (nSPS) is 25.6. The van der Waals surface area contributed by atoms with Gasteiger partial charge in [-0.25, -0.2) is 14.1 Å². The lowest BCUT2D eigenvalue weighted by Crippen LogP contribution is -2.41. The van der Waals surface area contributed by atoms with Crippen molar-refractivity contribution in [2.75, 3.05) is 44.0 Å². The number of likely N-dealkylation sites (tertiary alicyclic amines) is 1. The van der Waals surface area contributed by atoms with Gasteiger partial charge in [0.05, 0.1) is 32.4 Å². The number of hydrogen-bond donors (Lipinski definition) is 2. The van der Waals surface area contributed by atoms with Crippen molar-refractivity contribution in [3.63, 3.8) is 0 Å². The Hall–Kier alpha value is -2.67. The summed E-state index contributed by atoms with van der Waals surface area (Å²) in [6.45, 7) is 3.13. The number of anilines is 3. The SMILES string of the molecule is COc1c(C)nn(C2CCC2)c1Nc1ncc(C(F)(F)F)c(N[C@@H]2CCN(C3COCC3F)C2)n1. The van der Waals surface area contributed by atoms with Crippen LogP contribution in [0.25, 0.3) is 0 Å². The first-order valence-corrected chi connectivity index (χ1v) is 11.8. The van der Waals surface area contributed by atoms with Gasteiger partial charge in [0.1, 0.15) is 23.2 Å². The highest BCUT2D eigenvalue weighted by Gasteiger charge is 2.39. The van der Waals surface area contributed by atoms with Gasteiger partial charge < -0.3 is 20.1 Å². The number of hydrogen-bond acceptors (Lipinski definition) is 8. The van der Waals surface area contributed by atoms with E-state index in [1.807, 2.05) is 11.8 Å². The van der Waals surface area contributed by atoms with Gasteiger partial charge in [-0.2, -0.15) is 23.3 Å². The van der Waals surface area contributed by atoms with Crippen LogP contribution in [0.1, 0.15) is 43.0 Å². The van der Waals surface area contributed by atoms with Gasteiger partial charge in [0.2, 0.25) is 5.95 Å². The first-order valence-electron chi connectivity index (χ1n) is 11.8. The predicted molar refractivity (Wildman–Crippen MR) is 120 cm³/mol. The van der Waals surface area contributed by atoms with Crippen LogP contribution in [0.15, 0.2) is 6.20 Å². The van der Waals surface area contributed by atoms with Crippen molar-refractivity contribution < 1.29 is 27.0 Å². The van der Waals surface area contributed by atoms with E-state index in [9.17, 15) is 17.6 Å². The molecule has 2 unspecified atom stereocenters. The number of nitrogens with one attached hydrogen (secondary N) is 2. The molecular formula is C22H29F4N7O2. The third-order valence-corrected chi connectivity index (χ3v) is 6.99. The molecule has 9 nitrogen and oxygen atoms in total. The van der Waals surface area contributed by atoms with Crippen LogP contribution < -0.4 is 15.4 Å². The number of rotatable bonds is 7. The molecule has 4 heterocycles. The largest absolute Gasteiger partial charge is 0.491 e. The summed E-state index contributed by atoms with van der Waals surface area (Å²) >= 11 is 0. The van der Waals surface area contributed by atoms with Gasteiger partial charge >= 0.3 is 6.18 Å². The number of nitrogens with zero attached hydrogens (tertiary/aromatic N) is 5. The minimum absolute atomic E-state index is 0.00198. The summed E-state index contributed by atoms with van der Waals surface area (Å²) < 4.78 is 67.8. The van der Waals surface area contributed by atoms with Crippen molar-refractivity contribution in [2.24, 2.45) is 0 Å². The molecule has 2 aromatic rings. The van der Waals surface area contributed by atoms with Gasteiger partial charge in [0.25, 0.3) is 0 Å². The quantitative estimate of drug-likeness (QED) is 0.558. The van der Waals surface area contributed by atoms with Crippen molar-refractivity contribution in [2.45, 2.75) is 63.1 Å². The van der Waals surface area contributed by atoms with E-state index >= 15 is 0 Å². The van der Waals surface area contributed by atoms with Gasteiger partial charge in [-0.05, 0) is 32.6 Å². The van der Waals surface area contributed by atoms with Crippen LogP contribution in [0.2, 0.25) is 0 Å². The third kappa shape index (κ3) is 4.75. The number of alkyl halides is 4. The lowest BCUT2D eigenvalue weighted by atomic mass is 9.93. The van der Waals surface area contributed by atoms with Crippen LogP contribution in [-0.2, 0) is 10.9 Å². The molecule has 1 saturated carbocycles. The van der Waals surface area contributed by atoms with Crippen molar-refractivity contribution in [3.05, 3.63) is 17.5 Å². The number of methoxy groups -OCH3 is 1. The Kier molecular flexibility index (Phi) is 6.47. The second-order valence-electron chi connectivity index (χ2n) is 9.32. The zero-order valence-electron chi connectivity index (χ0n) is 19.6. The lowest BCUT2D eigenvalue weighted by Gasteiger charge is -2.27. The molecule has 3 aliphatic rings. The van der Waals surface area contributed by atoms with E-state index in [1.54, 1.807) is 4.68 Å². The van der Waals surface area contributed by atoms with Crippen LogP contribution in [0.5, 0.6) is 5.75 Å². The molecular weight excluding hydrogens is 470 g/mol. The van der Waals surface area contributed by atoms with Crippen molar-refractivity contribution in [1.82, 2.24) is 24.6 Å². The van der Waals surface area contributed by atoms with E-state index in [0.717, 1.165) is 25.5 Å². The van der Waals surface area contributed by atoms with E-state index in [0.29, 0.717) is 43.4 Å². The predicted octanol–water partition coefficient (Wildman–Crippen LogP) is 3.70. The molecule has 2 saturated heterocycles. The fraction of sp³-hybridized carbons (Fsp3) is 0.682. The Morgan fingerprint density at radius 2 is 2.00 bits per heavy atom. The van der Waals surface area contributed by atoms with E-state index in [-0.39, 0.29) is 36.5 Å². The van der Waals surface area contributed by atoms with Gasteiger partial charge in [-0.3, -0.25) is 4.90 Å². The second-order valence-corrected chi connectivity index (χ2v) is 9.32. The minimum atomic E-state index is -4.63. The molecule has 1 aliphatic carbocycles. The molecule has 0 amide bonds. The van der Waals surface area contributed by atoms with Gasteiger partial charge in [0.15, 0.2) is 11.6 Å². The molecule has 3 fully saturated rings. The number of aryl methyl sites for hydroxylation is 1. The molecule has 192 valence electrons. The van der Waals surface area contributed by atoms with E-state index in [2.05, 4.69) is 25.7 Å². The molecule has 0 radical (unpaired) electrons. The first kappa shape index (κ1) is 24.0. The van der Waals surface area contributed by atoms with Gasteiger partial charge in [-0.1, -0.05) is 0 Å². The average molecular weight is 500 g/mol. The Morgan fingerprint density at radius 1 is 1.20 bits per heavy atom. The van der Waals surface area contributed by atoms with Crippen molar-refractivity contribution in [1.29, 1.82) is 0 Å². The minimum Gasteiger partial charge on any atom is -0.491 e. The molecule has 2 aliphatic heterocycles. The Labute approximate surface area is 200 Å². The van der Waals surface area contributed by atoms with Crippen molar-refractivity contribution in [3.8, 4) is 5.75 Å². The maximum absolute atomic E-state index is 14.1. The zero-order chi connectivity index (χ0) is 24.7. The average Bonchev–Trinajstić information content (AvgIpc) is 3.46. The maximum atomic E-state index is 14.1. The molecule has 0 spiro atoms. The summed E-state index contributed by atoms with van der Waals surface area (Å²) in [7, 11) is 1.52. The molecule has 3 atom stereocenters. The third-order valence-electron chi connectivity index (χ3n) is 6.99. The van der Waals surface area contributed by atoms with E-state index < -0.39 is 17.9 Å². The highest BCUT2D eigenvalue weighted by Crippen LogP contribution is 2.40. The van der Waals surface area contributed by atoms with Crippen molar-refractivity contribution >= 4 is 17.6 Å². The summed E-state index contributed by atoms with van der Waals surface area (Å²) in [5.41, 5.74) is -0.287. The standard InChI is InChI=1S/C22H29F4N7O2/c1-12-18(34-2)20(33(31-12)14-4-3-5-14)30-21-27-8-15(22(24,25)26)19(29-21)28-13-6-7-32(9-13)17-11-35-10-16(17)23/h8,13-14,16-17H,3-7,9-11H2,1-2H3,(H2,27,28,29,30)/t13-,16?,17?/m1/s1. The zero-order valence-corrected chi connectivity index (χ0v) is 19.6. The Morgan fingerprint density at radius 3 is 2.63 bits per heavy atom. The summed E-state index contributed by atoms with van der Waals surface area (Å²) in [6, 6.07) is -0.492. The van der Waals surface area contributed by atoms with E-state index in [4.69, 9.17) is 9.47 Å². The van der Waals surface area contributed by atoms with E-state index in [1.165, 1.54) is 7.11 Å². The first-order chi connectivity index (χ1) is 16.7. The highest BCUT2D eigenvalue weighted by atomic mass is 19.4. The Balaban J connectivity index is 1.39. The number of ether oxygens (including phenoxy) is 2. The number of aromatic nitrogens is 4. The van der Waals surface area contributed by atoms with Crippen LogP contribution in [0.4, 0.5) is 35.1 Å². The van der Waals surface area contributed by atoms with Gasteiger partial charge in [0, 0.05) is 25.3 Å². The Bertz CT molecular complexity index is 1060. The summed E-state index contributed by atoms with van der Waals surface area (Å²) in [5, 5.41) is 10.5. The van der Waals surface area contributed by atoms with Crippen LogP contribution in [0, 0.1) is 6.92 Å². The number of halogens is 4. The summed E-state index contributed by atoms with van der Waals surface area (Å²) in [6.07, 6.45) is -1.37. The monoisotopic (exact) mass is 499 g/mol. The van der Waals surface area contributed by atoms with Crippen LogP contribution in [0.3, 0.4) is 0 Å². The molecule has 2 aromatic heterocycles. The molecule has 0 aromatic carbocycles. The lowest BCUT2D eigenvalue weighted by molar-refractivity contribution is -0.137. The fourth-order valence-electron chi connectivity index (χ4n) is 4.90. The summed E-state index contributed by atoms with van der Waals surface area (Å²) in [4.78, 5) is 10.1. The molecule has 5 rings (SSSR count). The molecule has 2 N–H and O–H groups in total. The van der Waals surface area contributed by atoms with Crippen LogP contribution in [-0.4, -0.2) is 76.3 Å². The highest BCUT2D eigenvalue weighted by molar-refractivity contribution is 5.62. The molecule has 13 heteroatoms. The smallest absolute Gasteiger partial charge is 0.421 e. The fourth-order valence-corrected chi connectivity index (χ4v) is 4.90. The van der Waals surface area contributed by atoms with Gasteiger partial charge in [-0.15, -0.1) is 0 Å².